The first-order valence-corrected chi connectivity index (χ1v) is 14.6. The lowest BCUT2D eigenvalue weighted by atomic mass is 9.84. The Morgan fingerprint density at radius 2 is 2.05 bits per heavy atom. The predicted octanol–water partition coefficient (Wildman–Crippen LogP) is 4.39. The lowest BCUT2D eigenvalue weighted by Gasteiger charge is -2.32. The molecule has 0 bridgehead atoms. The highest BCUT2D eigenvalue weighted by molar-refractivity contribution is 7.15. The van der Waals surface area contributed by atoms with E-state index in [4.69, 9.17) is 4.98 Å². The third kappa shape index (κ3) is 5.52. The van der Waals surface area contributed by atoms with E-state index in [1.807, 2.05) is 48.6 Å². The van der Waals surface area contributed by atoms with Crippen LogP contribution in [0.5, 0.6) is 0 Å². The van der Waals surface area contributed by atoms with Crippen LogP contribution in [-0.2, 0) is 13.0 Å². The average Bonchev–Trinajstić information content (AvgIpc) is 3.50. The molecule has 1 aliphatic carbocycles. The van der Waals surface area contributed by atoms with Crippen molar-refractivity contribution in [2.45, 2.75) is 70.1 Å². The van der Waals surface area contributed by atoms with E-state index in [9.17, 15) is 9.90 Å². The van der Waals surface area contributed by atoms with Crippen LogP contribution in [0, 0.1) is 5.92 Å². The van der Waals surface area contributed by atoms with Crippen molar-refractivity contribution in [3.8, 4) is 0 Å². The first-order valence-electron chi connectivity index (χ1n) is 13.8. The Kier molecular flexibility index (Phi) is 6.90. The van der Waals surface area contributed by atoms with Gasteiger partial charge in [-0.1, -0.05) is 12.1 Å². The molecule has 2 fully saturated rings. The number of nitrogens with zero attached hydrogens (tertiary/aromatic N) is 4. The second-order valence-electron chi connectivity index (χ2n) is 11.4. The monoisotopic (exact) mass is 519 g/mol. The molecule has 1 amide bonds. The maximum Gasteiger partial charge on any atom is 0.252 e. The first-order chi connectivity index (χ1) is 17.9. The molecule has 196 valence electrons. The zero-order chi connectivity index (χ0) is 25.4. The number of carbonyl (C=O) groups is 1. The minimum atomic E-state index is -0.590. The highest BCUT2D eigenvalue weighted by Crippen LogP contribution is 2.35. The third-order valence-corrected chi connectivity index (χ3v) is 9.66. The smallest absolute Gasteiger partial charge is 0.252 e. The molecule has 2 N–H and O–H groups in total. The Morgan fingerprint density at radius 1 is 1.19 bits per heavy atom. The van der Waals surface area contributed by atoms with Crippen LogP contribution >= 0.6 is 11.3 Å². The number of hydrogen-bond acceptors (Lipinski definition) is 7. The molecule has 1 saturated heterocycles. The molecule has 4 heterocycles. The molecule has 1 atom stereocenters. The molecule has 1 unspecified atom stereocenters. The van der Waals surface area contributed by atoms with Gasteiger partial charge in [0.1, 0.15) is 0 Å². The normalized spacial score (nSPS) is 26.4. The van der Waals surface area contributed by atoms with Crippen molar-refractivity contribution < 1.29 is 9.90 Å². The topological polar surface area (TPSA) is 81.6 Å². The number of β-amino-alcohol motifs (C(OH)–C–C–N with tert-alkyl or cyclic N) is 1. The van der Waals surface area contributed by atoms with Crippen molar-refractivity contribution in [2.75, 3.05) is 31.1 Å². The van der Waals surface area contributed by atoms with Gasteiger partial charge in [0.25, 0.3) is 5.91 Å². The molecule has 3 aliphatic rings. The molecule has 3 aromatic rings. The molecule has 7 nitrogen and oxygen atoms in total. The average molecular weight is 520 g/mol. The fourth-order valence-corrected chi connectivity index (χ4v) is 7.28. The number of carbonyl (C=O) groups excluding carboxylic acids is 1. The van der Waals surface area contributed by atoms with Gasteiger partial charge < -0.3 is 15.3 Å². The lowest BCUT2D eigenvalue weighted by molar-refractivity contribution is 0.0839. The predicted molar refractivity (Wildman–Crippen MR) is 148 cm³/mol. The molecule has 8 heteroatoms. The van der Waals surface area contributed by atoms with Gasteiger partial charge in [-0.2, -0.15) is 0 Å². The van der Waals surface area contributed by atoms with Crippen LogP contribution in [-0.4, -0.2) is 63.7 Å². The van der Waals surface area contributed by atoms with E-state index in [-0.39, 0.29) is 11.9 Å². The SMILES string of the molecule is CC1(O)CCN(c2nc3c(s2)CCN(CC[C@H]2CC[C@H](NC(=O)c4cccc5ncccc45)CC2)C3)C1. The number of aliphatic hydroxyl groups is 1. The summed E-state index contributed by atoms with van der Waals surface area (Å²) in [6.45, 7) is 6.68. The Hall–Kier alpha value is -2.55. The van der Waals surface area contributed by atoms with Crippen molar-refractivity contribution in [3.63, 3.8) is 0 Å². The number of thiazole rings is 1. The van der Waals surface area contributed by atoms with E-state index in [2.05, 4.69) is 20.1 Å². The largest absolute Gasteiger partial charge is 0.388 e. The summed E-state index contributed by atoms with van der Waals surface area (Å²) < 4.78 is 0. The van der Waals surface area contributed by atoms with Crippen molar-refractivity contribution in [1.29, 1.82) is 0 Å². The zero-order valence-electron chi connectivity index (χ0n) is 21.7. The zero-order valence-corrected chi connectivity index (χ0v) is 22.5. The number of pyridine rings is 1. The number of aromatic nitrogens is 2. The highest BCUT2D eigenvalue weighted by Gasteiger charge is 2.34. The molecular formula is C29H37N5O2S. The van der Waals surface area contributed by atoms with E-state index in [1.54, 1.807) is 6.20 Å². The van der Waals surface area contributed by atoms with Crippen LogP contribution in [0.15, 0.2) is 36.5 Å². The quantitative estimate of drug-likeness (QED) is 0.503. The number of hydrogen-bond donors (Lipinski definition) is 2. The number of amides is 1. The fourth-order valence-electron chi connectivity index (χ4n) is 6.20. The number of rotatable bonds is 6. The molecule has 37 heavy (non-hydrogen) atoms. The molecular weight excluding hydrogens is 482 g/mol. The standard InChI is InChI=1S/C29H37N5O2S/c1-29(36)13-17-34(19-29)28-32-25-18-33(16-12-26(25)37-28)15-11-20-7-9-21(10-8-20)31-27(35)23-4-2-6-24-22(23)5-3-14-30-24/h2-6,14,20-21,36H,7-13,15-19H2,1H3,(H,31,35)/t20-,21-,29?. The van der Waals surface area contributed by atoms with Gasteiger partial charge >= 0.3 is 0 Å². The van der Waals surface area contributed by atoms with Gasteiger partial charge in [0.15, 0.2) is 5.13 Å². The van der Waals surface area contributed by atoms with E-state index >= 15 is 0 Å². The number of benzene rings is 1. The number of anilines is 1. The highest BCUT2D eigenvalue weighted by atomic mass is 32.1. The molecule has 0 spiro atoms. The van der Waals surface area contributed by atoms with Crippen LogP contribution in [0.25, 0.3) is 10.9 Å². The minimum Gasteiger partial charge on any atom is -0.388 e. The summed E-state index contributed by atoms with van der Waals surface area (Å²) in [7, 11) is 0. The molecule has 1 saturated carbocycles. The Morgan fingerprint density at radius 3 is 2.86 bits per heavy atom. The van der Waals surface area contributed by atoms with Crippen molar-refractivity contribution in [2.24, 2.45) is 5.92 Å². The summed E-state index contributed by atoms with van der Waals surface area (Å²) in [5.41, 5.74) is 2.24. The Labute approximate surface area is 222 Å². The Balaban J connectivity index is 0.964. The second kappa shape index (κ2) is 10.3. The maximum atomic E-state index is 13.0. The molecule has 2 aliphatic heterocycles. The first kappa shape index (κ1) is 24.8. The second-order valence-corrected chi connectivity index (χ2v) is 12.5. The van der Waals surface area contributed by atoms with Gasteiger partial charge in [-0.05, 0) is 82.5 Å². The summed E-state index contributed by atoms with van der Waals surface area (Å²) in [6, 6.07) is 9.88. The van der Waals surface area contributed by atoms with Gasteiger partial charge in [-0.3, -0.25) is 14.7 Å². The van der Waals surface area contributed by atoms with E-state index < -0.39 is 5.60 Å². The van der Waals surface area contributed by atoms with Gasteiger partial charge in [0.05, 0.1) is 16.8 Å². The van der Waals surface area contributed by atoms with Crippen LogP contribution in [0.3, 0.4) is 0 Å². The summed E-state index contributed by atoms with van der Waals surface area (Å²) in [6.07, 6.45) is 9.35. The number of nitrogens with one attached hydrogen (secondary N) is 1. The van der Waals surface area contributed by atoms with Crippen LogP contribution < -0.4 is 10.2 Å². The van der Waals surface area contributed by atoms with E-state index in [0.717, 1.165) is 79.4 Å². The van der Waals surface area contributed by atoms with E-state index in [1.165, 1.54) is 29.8 Å². The molecule has 0 radical (unpaired) electrons. The van der Waals surface area contributed by atoms with E-state index in [0.29, 0.717) is 6.54 Å². The van der Waals surface area contributed by atoms with Crippen LogP contribution in [0.4, 0.5) is 5.13 Å². The summed E-state index contributed by atoms with van der Waals surface area (Å²) in [5.74, 6) is 0.750. The number of fused-ring (bicyclic) bond motifs is 2. The maximum absolute atomic E-state index is 13.0. The minimum absolute atomic E-state index is 0.0198. The molecule has 1 aromatic carbocycles. The fraction of sp³-hybridized carbons (Fsp3) is 0.552. The molecule has 6 rings (SSSR count). The summed E-state index contributed by atoms with van der Waals surface area (Å²) in [5, 5.41) is 15.6. The van der Waals surface area contributed by atoms with Crippen molar-refractivity contribution in [1.82, 2.24) is 20.2 Å². The van der Waals surface area contributed by atoms with Crippen molar-refractivity contribution >= 4 is 33.3 Å². The molecule has 2 aromatic heterocycles. The van der Waals surface area contributed by atoms with Crippen LogP contribution in [0.1, 0.15) is 66.4 Å². The van der Waals surface area contributed by atoms with Gasteiger partial charge in [-0.15, -0.1) is 11.3 Å². The van der Waals surface area contributed by atoms with Gasteiger partial charge in [0, 0.05) is 54.2 Å². The summed E-state index contributed by atoms with van der Waals surface area (Å²) >= 11 is 1.82. The van der Waals surface area contributed by atoms with Crippen molar-refractivity contribution in [3.05, 3.63) is 52.7 Å². The Bertz CT molecular complexity index is 1260. The summed E-state index contributed by atoms with van der Waals surface area (Å²) in [4.78, 5) is 28.6. The van der Waals surface area contributed by atoms with Crippen LogP contribution in [0.2, 0.25) is 0 Å². The third-order valence-electron chi connectivity index (χ3n) is 8.44. The van der Waals surface area contributed by atoms with Gasteiger partial charge in [0.2, 0.25) is 0 Å². The lowest BCUT2D eigenvalue weighted by Crippen LogP contribution is -2.38. The van der Waals surface area contributed by atoms with Gasteiger partial charge in [-0.25, -0.2) is 4.98 Å².